The molecule has 0 aliphatic heterocycles. The van der Waals surface area contributed by atoms with E-state index in [2.05, 4.69) is 9.97 Å². The molecule has 3 rings (SSSR count). The molecule has 1 saturated carbocycles. The predicted octanol–water partition coefficient (Wildman–Crippen LogP) is 3.45. The molecule has 0 radical (unpaired) electrons. The van der Waals surface area contributed by atoms with Crippen molar-refractivity contribution in [3.63, 3.8) is 0 Å². The van der Waals surface area contributed by atoms with Crippen molar-refractivity contribution in [3.8, 4) is 0 Å². The van der Waals surface area contributed by atoms with Gasteiger partial charge in [0, 0.05) is 0 Å². The largest absolute Gasteiger partial charge is 0.458 e. The summed E-state index contributed by atoms with van der Waals surface area (Å²) in [4.78, 5) is 30.9. The monoisotopic (exact) mass is 324 g/mol. The van der Waals surface area contributed by atoms with Crippen LogP contribution in [0.4, 0.5) is 0 Å². The van der Waals surface area contributed by atoms with E-state index in [0.717, 1.165) is 25.7 Å². The van der Waals surface area contributed by atoms with Gasteiger partial charge in [0.15, 0.2) is 4.77 Å². The van der Waals surface area contributed by atoms with Crippen molar-refractivity contribution in [1.29, 1.82) is 0 Å². The minimum absolute atomic E-state index is 0.00707. The zero-order valence-electron chi connectivity index (χ0n) is 11.7. The van der Waals surface area contributed by atoms with Crippen molar-refractivity contribution in [2.75, 3.05) is 0 Å². The van der Waals surface area contributed by atoms with Crippen molar-refractivity contribution < 1.29 is 9.53 Å². The number of fused-ring (bicyclic) bond motifs is 1. The molecule has 1 fully saturated rings. The Morgan fingerprint density at radius 1 is 1.29 bits per heavy atom. The van der Waals surface area contributed by atoms with E-state index >= 15 is 0 Å². The van der Waals surface area contributed by atoms with Crippen molar-refractivity contribution in [1.82, 2.24) is 9.97 Å². The van der Waals surface area contributed by atoms with E-state index in [-0.39, 0.29) is 22.4 Å². The third-order valence-electron chi connectivity index (χ3n) is 3.84. The molecule has 5 nitrogen and oxygen atoms in total. The SMILES string of the molecule is Cc1c(C(=O)OC2CCCCC2)sc2[nH]c(=S)[nH]c(=O)c12. The van der Waals surface area contributed by atoms with Crippen molar-refractivity contribution in [2.45, 2.75) is 45.1 Å². The van der Waals surface area contributed by atoms with Gasteiger partial charge in [-0.1, -0.05) is 6.42 Å². The Bertz CT molecular complexity index is 797. The lowest BCUT2D eigenvalue weighted by atomic mass is 9.98. The van der Waals surface area contributed by atoms with E-state index in [9.17, 15) is 9.59 Å². The minimum Gasteiger partial charge on any atom is -0.458 e. The van der Waals surface area contributed by atoms with Crippen molar-refractivity contribution >= 4 is 39.7 Å². The lowest BCUT2D eigenvalue weighted by Crippen LogP contribution is -2.20. The van der Waals surface area contributed by atoms with Crippen LogP contribution in [-0.2, 0) is 4.74 Å². The van der Waals surface area contributed by atoms with Gasteiger partial charge in [0.2, 0.25) is 0 Å². The summed E-state index contributed by atoms with van der Waals surface area (Å²) in [6.07, 6.45) is 5.29. The molecule has 7 heteroatoms. The highest BCUT2D eigenvalue weighted by Crippen LogP contribution is 2.29. The quantitative estimate of drug-likeness (QED) is 0.655. The van der Waals surface area contributed by atoms with Crippen molar-refractivity contribution in [3.05, 3.63) is 25.6 Å². The fraction of sp³-hybridized carbons (Fsp3) is 0.500. The number of aromatic amines is 2. The molecule has 1 aliphatic rings. The van der Waals surface area contributed by atoms with E-state index in [0.29, 0.717) is 20.7 Å². The number of hydrogen-bond donors (Lipinski definition) is 2. The number of carbonyl (C=O) groups is 1. The van der Waals surface area contributed by atoms with Gasteiger partial charge < -0.3 is 9.72 Å². The van der Waals surface area contributed by atoms with Gasteiger partial charge in [0.25, 0.3) is 5.56 Å². The first-order chi connectivity index (χ1) is 10.1. The number of aryl methyl sites for hydroxylation is 1. The normalized spacial score (nSPS) is 16.2. The molecule has 0 aromatic carbocycles. The van der Waals surface area contributed by atoms with Crippen LogP contribution in [0.5, 0.6) is 0 Å². The molecule has 112 valence electrons. The summed E-state index contributed by atoms with van der Waals surface area (Å²) in [7, 11) is 0. The van der Waals surface area contributed by atoms with Crippen LogP contribution >= 0.6 is 23.6 Å². The highest BCUT2D eigenvalue weighted by atomic mass is 32.1. The second kappa shape index (κ2) is 5.73. The first-order valence-corrected chi connectivity index (χ1v) is 8.25. The average molecular weight is 324 g/mol. The van der Waals surface area contributed by atoms with Crippen LogP contribution in [0.15, 0.2) is 4.79 Å². The molecular weight excluding hydrogens is 308 g/mol. The maximum absolute atomic E-state index is 12.3. The van der Waals surface area contributed by atoms with Gasteiger partial charge in [-0.05, 0) is 50.4 Å². The fourth-order valence-electron chi connectivity index (χ4n) is 2.76. The average Bonchev–Trinajstić information content (AvgIpc) is 2.77. The summed E-state index contributed by atoms with van der Waals surface area (Å²) >= 11 is 6.19. The Morgan fingerprint density at radius 2 is 2.00 bits per heavy atom. The molecule has 0 spiro atoms. The van der Waals surface area contributed by atoms with Gasteiger partial charge in [-0.2, -0.15) is 0 Å². The van der Waals surface area contributed by atoms with Crippen LogP contribution in [0, 0.1) is 11.7 Å². The number of thiophene rings is 1. The second-order valence-corrected chi connectivity index (χ2v) is 6.76. The Morgan fingerprint density at radius 3 is 2.71 bits per heavy atom. The number of ether oxygens (including phenoxy) is 1. The molecule has 0 saturated heterocycles. The Labute approximate surface area is 130 Å². The Balaban J connectivity index is 1.94. The standard InChI is InChI=1S/C14H16N2O3S2/c1-7-9-11(17)15-14(20)16-12(9)21-10(7)13(18)19-8-5-3-2-4-6-8/h8H,2-6H2,1H3,(H2,15,16,17,20). The number of nitrogens with one attached hydrogen (secondary N) is 2. The van der Waals surface area contributed by atoms with Gasteiger partial charge in [0.1, 0.15) is 15.8 Å². The Hall–Kier alpha value is -1.47. The molecule has 21 heavy (non-hydrogen) atoms. The van der Waals surface area contributed by atoms with Crippen LogP contribution in [0.3, 0.4) is 0 Å². The summed E-state index contributed by atoms with van der Waals surface area (Å²) in [5.74, 6) is -0.334. The second-order valence-electron chi connectivity index (χ2n) is 5.33. The molecule has 0 atom stereocenters. The number of hydrogen-bond acceptors (Lipinski definition) is 5. The molecule has 1 aliphatic carbocycles. The molecule has 2 aromatic rings. The maximum Gasteiger partial charge on any atom is 0.348 e. The fourth-order valence-corrected chi connectivity index (χ4v) is 4.11. The van der Waals surface area contributed by atoms with Gasteiger partial charge in [-0.3, -0.25) is 9.78 Å². The first-order valence-electron chi connectivity index (χ1n) is 7.03. The maximum atomic E-state index is 12.3. The van der Waals surface area contributed by atoms with E-state index < -0.39 is 0 Å². The highest BCUT2D eigenvalue weighted by Gasteiger charge is 2.23. The van der Waals surface area contributed by atoms with Crippen molar-refractivity contribution in [2.24, 2.45) is 0 Å². The van der Waals surface area contributed by atoms with Gasteiger partial charge in [-0.15, -0.1) is 11.3 Å². The summed E-state index contributed by atoms with van der Waals surface area (Å²) in [5, 5.41) is 0.490. The number of aromatic nitrogens is 2. The molecular formula is C14H16N2O3S2. The third kappa shape index (κ3) is 2.80. The number of carbonyl (C=O) groups excluding carboxylic acids is 1. The van der Waals surface area contributed by atoms with Gasteiger partial charge >= 0.3 is 5.97 Å². The number of esters is 1. The summed E-state index contributed by atoms with van der Waals surface area (Å²) < 4.78 is 5.84. The molecule has 2 aromatic heterocycles. The van der Waals surface area contributed by atoms with Crippen LogP contribution < -0.4 is 5.56 Å². The lowest BCUT2D eigenvalue weighted by Gasteiger charge is -2.21. The predicted molar refractivity (Wildman–Crippen MR) is 84.7 cm³/mol. The zero-order chi connectivity index (χ0) is 15.0. The van der Waals surface area contributed by atoms with Gasteiger partial charge in [0.05, 0.1) is 5.39 Å². The lowest BCUT2D eigenvalue weighted by molar-refractivity contribution is 0.0216. The van der Waals surface area contributed by atoms with E-state index in [4.69, 9.17) is 17.0 Å². The van der Waals surface area contributed by atoms with E-state index in [1.165, 1.54) is 17.8 Å². The summed E-state index contributed by atoms with van der Waals surface area (Å²) in [6, 6.07) is 0. The molecule has 2 heterocycles. The van der Waals surface area contributed by atoms with Crippen LogP contribution in [0.2, 0.25) is 0 Å². The molecule has 0 amide bonds. The highest BCUT2D eigenvalue weighted by molar-refractivity contribution is 7.71. The van der Waals surface area contributed by atoms with Crippen LogP contribution in [0.1, 0.15) is 47.3 Å². The number of H-pyrrole nitrogens is 2. The smallest absolute Gasteiger partial charge is 0.348 e. The Kier molecular flexibility index (Phi) is 3.95. The molecule has 2 N–H and O–H groups in total. The van der Waals surface area contributed by atoms with E-state index in [1.807, 2.05) is 0 Å². The van der Waals surface area contributed by atoms with Gasteiger partial charge in [-0.25, -0.2) is 4.79 Å². The zero-order valence-corrected chi connectivity index (χ0v) is 13.3. The first kappa shape index (κ1) is 14.5. The minimum atomic E-state index is -0.334. The number of rotatable bonds is 2. The summed E-state index contributed by atoms with van der Waals surface area (Å²) in [6.45, 7) is 1.77. The van der Waals surface area contributed by atoms with Crippen LogP contribution in [0.25, 0.3) is 10.2 Å². The topological polar surface area (TPSA) is 75.0 Å². The third-order valence-corrected chi connectivity index (χ3v) is 5.23. The molecule has 0 bridgehead atoms. The van der Waals surface area contributed by atoms with Crippen LogP contribution in [-0.4, -0.2) is 22.0 Å². The molecule has 0 unspecified atom stereocenters. The van der Waals surface area contributed by atoms with E-state index in [1.54, 1.807) is 6.92 Å². The summed E-state index contributed by atoms with van der Waals surface area (Å²) in [5.41, 5.74) is 0.391.